The van der Waals surface area contributed by atoms with E-state index in [0.717, 1.165) is 11.8 Å². The Labute approximate surface area is 104 Å². The van der Waals surface area contributed by atoms with Crippen LogP contribution in [0.1, 0.15) is 47.5 Å². The SMILES string of the molecule is CCCC1CN=C(NC2C(C)(C)C2(C)C)S1. The minimum Gasteiger partial charge on any atom is -0.361 e. The number of hydrogen-bond donors (Lipinski definition) is 1. The van der Waals surface area contributed by atoms with Gasteiger partial charge in [-0.1, -0.05) is 52.8 Å². The Morgan fingerprint density at radius 3 is 2.44 bits per heavy atom. The number of rotatable bonds is 3. The molecular formula is C13H24N2S. The lowest BCUT2D eigenvalue weighted by Crippen LogP contribution is -2.26. The van der Waals surface area contributed by atoms with Crippen LogP contribution in [0.15, 0.2) is 4.99 Å². The van der Waals surface area contributed by atoms with Crippen molar-refractivity contribution in [3.63, 3.8) is 0 Å². The van der Waals surface area contributed by atoms with E-state index in [0.29, 0.717) is 16.9 Å². The number of thioether (sulfide) groups is 1. The van der Waals surface area contributed by atoms with Crippen molar-refractivity contribution in [1.29, 1.82) is 0 Å². The molecule has 0 aromatic carbocycles. The molecule has 1 aliphatic carbocycles. The molecule has 3 heteroatoms. The summed E-state index contributed by atoms with van der Waals surface area (Å²) in [5.74, 6) is 0. The van der Waals surface area contributed by atoms with Crippen molar-refractivity contribution in [2.24, 2.45) is 15.8 Å². The minimum absolute atomic E-state index is 0.402. The summed E-state index contributed by atoms with van der Waals surface area (Å²) in [7, 11) is 0. The van der Waals surface area contributed by atoms with E-state index >= 15 is 0 Å². The quantitative estimate of drug-likeness (QED) is 0.818. The lowest BCUT2D eigenvalue weighted by atomic mass is 10.0. The largest absolute Gasteiger partial charge is 0.361 e. The van der Waals surface area contributed by atoms with Crippen LogP contribution in [0.2, 0.25) is 0 Å². The van der Waals surface area contributed by atoms with Gasteiger partial charge in [0.25, 0.3) is 0 Å². The Morgan fingerprint density at radius 2 is 1.94 bits per heavy atom. The Hall–Kier alpha value is -0.180. The second-order valence-electron chi connectivity index (χ2n) is 6.20. The average molecular weight is 240 g/mol. The fourth-order valence-corrected chi connectivity index (χ4v) is 3.80. The van der Waals surface area contributed by atoms with Gasteiger partial charge in [-0.3, -0.25) is 4.99 Å². The van der Waals surface area contributed by atoms with Crippen molar-refractivity contribution in [3.05, 3.63) is 0 Å². The van der Waals surface area contributed by atoms with E-state index < -0.39 is 0 Å². The maximum absolute atomic E-state index is 4.62. The van der Waals surface area contributed by atoms with Crippen molar-refractivity contribution in [3.8, 4) is 0 Å². The Kier molecular flexibility index (Phi) is 3.02. The summed E-state index contributed by atoms with van der Waals surface area (Å²) in [6.07, 6.45) is 2.55. The molecule has 1 saturated carbocycles. The summed E-state index contributed by atoms with van der Waals surface area (Å²) in [6.45, 7) is 12.6. The zero-order valence-corrected chi connectivity index (χ0v) is 11.9. The van der Waals surface area contributed by atoms with E-state index in [4.69, 9.17) is 0 Å². The third-order valence-corrected chi connectivity index (χ3v) is 5.80. The van der Waals surface area contributed by atoms with Crippen LogP contribution in [0.25, 0.3) is 0 Å². The topological polar surface area (TPSA) is 24.4 Å². The van der Waals surface area contributed by atoms with Crippen LogP contribution >= 0.6 is 11.8 Å². The Balaban J connectivity index is 1.85. The van der Waals surface area contributed by atoms with Gasteiger partial charge >= 0.3 is 0 Å². The predicted molar refractivity (Wildman–Crippen MR) is 73.1 cm³/mol. The van der Waals surface area contributed by atoms with E-state index in [1.807, 2.05) is 11.8 Å². The molecule has 2 nitrogen and oxygen atoms in total. The Bertz CT molecular complexity index is 293. The third kappa shape index (κ3) is 1.87. The Morgan fingerprint density at radius 1 is 1.31 bits per heavy atom. The molecule has 0 spiro atoms. The summed E-state index contributed by atoms with van der Waals surface area (Å²) in [5, 5.41) is 5.54. The second kappa shape index (κ2) is 3.94. The fourth-order valence-electron chi connectivity index (χ4n) is 2.65. The number of amidine groups is 1. The molecule has 1 atom stereocenters. The van der Waals surface area contributed by atoms with Crippen molar-refractivity contribution < 1.29 is 0 Å². The zero-order valence-electron chi connectivity index (χ0n) is 11.1. The molecule has 0 saturated heterocycles. The van der Waals surface area contributed by atoms with Crippen LogP contribution in [0.4, 0.5) is 0 Å². The molecule has 1 fully saturated rings. The van der Waals surface area contributed by atoms with Crippen LogP contribution in [0.3, 0.4) is 0 Å². The molecule has 0 aromatic rings. The van der Waals surface area contributed by atoms with E-state index in [-0.39, 0.29) is 0 Å². The standard InChI is InChI=1S/C13H24N2S/c1-6-7-9-8-14-11(16-9)15-10-12(2,3)13(10,4)5/h9-10H,6-8H2,1-5H3,(H,14,15). The van der Waals surface area contributed by atoms with E-state index in [1.165, 1.54) is 18.0 Å². The number of nitrogens with zero attached hydrogens (tertiary/aromatic N) is 1. The smallest absolute Gasteiger partial charge is 0.157 e. The second-order valence-corrected chi connectivity index (χ2v) is 7.48. The van der Waals surface area contributed by atoms with Crippen LogP contribution < -0.4 is 5.32 Å². The van der Waals surface area contributed by atoms with Crippen LogP contribution in [0, 0.1) is 10.8 Å². The molecule has 1 N–H and O–H groups in total. The van der Waals surface area contributed by atoms with E-state index in [9.17, 15) is 0 Å². The van der Waals surface area contributed by atoms with Gasteiger partial charge in [0, 0.05) is 11.3 Å². The summed E-state index contributed by atoms with van der Waals surface area (Å²) in [4.78, 5) is 4.62. The van der Waals surface area contributed by atoms with Crippen LogP contribution in [-0.2, 0) is 0 Å². The van der Waals surface area contributed by atoms with Crippen LogP contribution in [0.5, 0.6) is 0 Å². The molecule has 1 heterocycles. The average Bonchev–Trinajstić information content (AvgIpc) is 2.58. The molecule has 1 unspecified atom stereocenters. The van der Waals surface area contributed by atoms with Gasteiger partial charge in [-0.25, -0.2) is 0 Å². The summed E-state index contributed by atoms with van der Waals surface area (Å²) in [5.41, 5.74) is 0.803. The third-order valence-electron chi connectivity index (χ3n) is 4.62. The van der Waals surface area contributed by atoms with Crippen molar-refractivity contribution >= 4 is 16.9 Å². The van der Waals surface area contributed by atoms with Crippen molar-refractivity contribution in [2.75, 3.05) is 6.54 Å². The van der Waals surface area contributed by atoms with E-state index in [2.05, 4.69) is 44.9 Å². The van der Waals surface area contributed by atoms with Gasteiger partial charge in [0.1, 0.15) is 0 Å². The minimum atomic E-state index is 0.402. The first kappa shape index (κ1) is 12.3. The molecule has 1 aliphatic heterocycles. The molecule has 0 aromatic heterocycles. The summed E-state index contributed by atoms with van der Waals surface area (Å²) in [6, 6.07) is 0.589. The highest BCUT2D eigenvalue weighted by Gasteiger charge is 2.65. The van der Waals surface area contributed by atoms with E-state index in [1.54, 1.807) is 0 Å². The molecule has 0 bridgehead atoms. The van der Waals surface area contributed by atoms with Gasteiger partial charge in [0.05, 0.1) is 6.54 Å². The molecule has 0 radical (unpaired) electrons. The first-order valence-electron chi connectivity index (χ1n) is 6.37. The molecule has 0 amide bonds. The molecule has 2 aliphatic rings. The monoisotopic (exact) mass is 240 g/mol. The molecule has 92 valence electrons. The summed E-state index contributed by atoms with van der Waals surface area (Å²) < 4.78 is 0. The van der Waals surface area contributed by atoms with Gasteiger partial charge < -0.3 is 5.32 Å². The molecular weight excluding hydrogens is 216 g/mol. The van der Waals surface area contributed by atoms with Crippen molar-refractivity contribution in [2.45, 2.75) is 58.8 Å². The first-order chi connectivity index (χ1) is 7.39. The zero-order chi connectivity index (χ0) is 12.0. The van der Waals surface area contributed by atoms with Gasteiger partial charge in [0.2, 0.25) is 0 Å². The van der Waals surface area contributed by atoms with Gasteiger partial charge in [-0.05, 0) is 17.3 Å². The van der Waals surface area contributed by atoms with Crippen LogP contribution in [-0.4, -0.2) is 23.0 Å². The van der Waals surface area contributed by atoms with Gasteiger partial charge in [-0.15, -0.1) is 0 Å². The lowest BCUT2D eigenvalue weighted by molar-refractivity contribution is 0.457. The fraction of sp³-hybridized carbons (Fsp3) is 0.923. The highest BCUT2D eigenvalue weighted by molar-refractivity contribution is 8.14. The highest BCUT2D eigenvalue weighted by atomic mass is 32.2. The maximum Gasteiger partial charge on any atom is 0.157 e. The molecule has 16 heavy (non-hydrogen) atoms. The normalized spacial score (nSPS) is 31.3. The van der Waals surface area contributed by atoms with Gasteiger partial charge in [-0.2, -0.15) is 0 Å². The van der Waals surface area contributed by atoms with Gasteiger partial charge in [0.15, 0.2) is 5.17 Å². The number of nitrogens with one attached hydrogen (secondary N) is 1. The summed E-state index contributed by atoms with van der Waals surface area (Å²) >= 11 is 1.94. The number of hydrogen-bond acceptors (Lipinski definition) is 3. The maximum atomic E-state index is 4.62. The lowest BCUT2D eigenvalue weighted by Gasteiger charge is -2.09. The highest BCUT2D eigenvalue weighted by Crippen LogP contribution is 2.62. The predicted octanol–water partition coefficient (Wildman–Crippen LogP) is 3.28. The molecule has 2 rings (SSSR count). The first-order valence-corrected chi connectivity index (χ1v) is 7.25. The van der Waals surface area contributed by atoms with Crippen molar-refractivity contribution in [1.82, 2.24) is 5.32 Å². The number of aliphatic imine (C=N–C) groups is 1.